The number of hydrogen-bond donors (Lipinski definition) is 2. The third kappa shape index (κ3) is 4.45. The van der Waals surface area contributed by atoms with Crippen molar-refractivity contribution in [3.05, 3.63) is 64.5 Å². The van der Waals surface area contributed by atoms with E-state index < -0.39 is 17.4 Å². The van der Waals surface area contributed by atoms with Crippen LogP contribution in [0.2, 0.25) is 0 Å². The minimum atomic E-state index is -0.750. The number of carbonyl (C=O) groups excluding carboxylic acids is 1. The van der Waals surface area contributed by atoms with Crippen molar-refractivity contribution in [3.8, 4) is 5.75 Å². The monoisotopic (exact) mass is 428 g/mol. The van der Waals surface area contributed by atoms with Crippen LogP contribution in [0.5, 0.6) is 5.75 Å². The zero-order chi connectivity index (χ0) is 22.0. The molecule has 0 radical (unpaired) electrons. The Morgan fingerprint density at radius 3 is 2.45 bits per heavy atom. The average molecular weight is 428 g/mol. The third-order valence-corrected chi connectivity index (χ3v) is 5.35. The van der Waals surface area contributed by atoms with E-state index in [1.807, 2.05) is 11.0 Å². The Labute approximate surface area is 177 Å². The highest BCUT2D eigenvalue weighted by Crippen LogP contribution is 2.28. The molecule has 2 heterocycles. The highest BCUT2D eigenvalue weighted by Gasteiger charge is 2.23. The first kappa shape index (κ1) is 20.6. The van der Waals surface area contributed by atoms with Gasteiger partial charge in [-0.05, 0) is 24.3 Å². The molecule has 0 unspecified atom stereocenters. The van der Waals surface area contributed by atoms with E-state index >= 15 is 0 Å². The summed E-state index contributed by atoms with van der Waals surface area (Å²) in [6, 6.07) is 11.1. The largest absolute Gasteiger partial charge is 0.491 e. The van der Waals surface area contributed by atoms with E-state index in [2.05, 4.69) is 10.3 Å². The first-order valence-corrected chi connectivity index (χ1v) is 9.87. The SMILES string of the molecule is COc1c(F)cc(N2CCN(C(=O)CNc3ccc4[nH]c(=O)ccc4c3)CC2)cc1F. The predicted octanol–water partition coefficient (Wildman–Crippen LogP) is 2.58. The van der Waals surface area contributed by atoms with Crippen molar-refractivity contribution in [2.24, 2.45) is 0 Å². The maximum absolute atomic E-state index is 14.0. The molecule has 0 saturated carbocycles. The van der Waals surface area contributed by atoms with Crippen LogP contribution in [-0.4, -0.2) is 55.6 Å². The lowest BCUT2D eigenvalue weighted by Gasteiger charge is -2.36. The summed E-state index contributed by atoms with van der Waals surface area (Å²) < 4.78 is 32.7. The standard InChI is InChI=1S/C22H22F2N4O3/c1-31-22-17(23)11-16(12-18(22)24)27-6-8-28(9-7-27)21(30)13-25-15-3-4-19-14(10-15)2-5-20(29)26-19/h2-5,10-12,25H,6-9,13H2,1H3,(H,26,29). The number of H-pyrrole nitrogens is 1. The number of anilines is 2. The number of methoxy groups -OCH3 is 1. The molecular weight excluding hydrogens is 406 g/mol. The van der Waals surface area contributed by atoms with Crippen molar-refractivity contribution in [1.82, 2.24) is 9.88 Å². The van der Waals surface area contributed by atoms with Crippen LogP contribution in [0.1, 0.15) is 0 Å². The number of aromatic nitrogens is 1. The van der Waals surface area contributed by atoms with Gasteiger partial charge >= 0.3 is 0 Å². The molecule has 162 valence electrons. The molecule has 4 rings (SSSR count). The summed E-state index contributed by atoms with van der Waals surface area (Å²) in [5, 5.41) is 3.97. The number of aromatic amines is 1. The van der Waals surface area contributed by atoms with Gasteiger partial charge in [0.2, 0.25) is 11.5 Å². The molecule has 1 amide bonds. The van der Waals surface area contributed by atoms with Gasteiger partial charge in [0.1, 0.15) is 0 Å². The zero-order valence-corrected chi connectivity index (χ0v) is 17.0. The molecule has 1 aromatic heterocycles. The normalized spacial score (nSPS) is 14.0. The average Bonchev–Trinajstić information content (AvgIpc) is 2.77. The number of nitrogens with zero attached hydrogens (tertiary/aromatic N) is 2. The number of hydrogen-bond acceptors (Lipinski definition) is 5. The Morgan fingerprint density at radius 2 is 1.77 bits per heavy atom. The summed E-state index contributed by atoms with van der Waals surface area (Å²) in [5.41, 5.74) is 1.76. The van der Waals surface area contributed by atoms with Gasteiger partial charge < -0.3 is 24.8 Å². The molecule has 2 aromatic carbocycles. The lowest BCUT2D eigenvalue weighted by atomic mass is 10.2. The van der Waals surface area contributed by atoms with Crippen LogP contribution in [0.15, 0.2) is 47.3 Å². The molecule has 1 aliphatic heterocycles. The van der Waals surface area contributed by atoms with E-state index in [0.717, 1.165) is 16.6 Å². The molecule has 1 saturated heterocycles. The topological polar surface area (TPSA) is 77.7 Å². The van der Waals surface area contributed by atoms with Gasteiger partial charge in [0.25, 0.3) is 0 Å². The Bertz CT molecular complexity index is 1150. The van der Waals surface area contributed by atoms with E-state index in [0.29, 0.717) is 31.9 Å². The van der Waals surface area contributed by atoms with Crippen molar-refractivity contribution in [2.45, 2.75) is 0 Å². The van der Waals surface area contributed by atoms with Gasteiger partial charge in [-0.1, -0.05) is 0 Å². The number of benzene rings is 2. The number of halogens is 2. The smallest absolute Gasteiger partial charge is 0.248 e. The van der Waals surface area contributed by atoms with Gasteiger partial charge in [-0.2, -0.15) is 0 Å². The van der Waals surface area contributed by atoms with Crippen LogP contribution in [0, 0.1) is 11.6 Å². The zero-order valence-electron chi connectivity index (χ0n) is 17.0. The first-order chi connectivity index (χ1) is 14.9. The highest BCUT2D eigenvalue weighted by molar-refractivity contribution is 5.85. The Balaban J connectivity index is 1.33. The molecule has 31 heavy (non-hydrogen) atoms. The molecule has 7 nitrogen and oxygen atoms in total. The Hall–Kier alpha value is -3.62. The van der Waals surface area contributed by atoms with Crippen molar-refractivity contribution >= 4 is 28.2 Å². The van der Waals surface area contributed by atoms with Crippen LogP contribution in [-0.2, 0) is 4.79 Å². The number of ether oxygens (including phenoxy) is 1. The van der Waals surface area contributed by atoms with Crippen molar-refractivity contribution in [2.75, 3.05) is 50.1 Å². The summed E-state index contributed by atoms with van der Waals surface area (Å²) in [6.07, 6.45) is 0. The number of fused-ring (bicyclic) bond motifs is 1. The Kier molecular flexibility index (Phi) is 5.75. The highest BCUT2D eigenvalue weighted by atomic mass is 19.1. The number of rotatable bonds is 5. The molecule has 3 aromatic rings. The second-order valence-electron chi connectivity index (χ2n) is 7.29. The molecule has 0 atom stereocenters. The van der Waals surface area contributed by atoms with Crippen LogP contribution in [0.4, 0.5) is 20.2 Å². The lowest BCUT2D eigenvalue weighted by Crippen LogP contribution is -2.50. The van der Waals surface area contributed by atoms with Crippen molar-refractivity contribution < 1.29 is 18.3 Å². The number of pyridine rings is 1. The van der Waals surface area contributed by atoms with Crippen molar-refractivity contribution in [3.63, 3.8) is 0 Å². The molecule has 1 fully saturated rings. The van der Waals surface area contributed by atoms with E-state index in [-0.39, 0.29) is 18.0 Å². The van der Waals surface area contributed by atoms with Crippen LogP contribution < -0.4 is 20.5 Å². The fourth-order valence-electron chi connectivity index (χ4n) is 3.69. The summed E-state index contributed by atoms with van der Waals surface area (Å²) in [5.74, 6) is -1.96. The summed E-state index contributed by atoms with van der Waals surface area (Å²) in [7, 11) is 1.22. The van der Waals surface area contributed by atoms with E-state index in [9.17, 15) is 18.4 Å². The molecule has 0 bridgehead atoms. The quantitative estimate of drug-likeness (QED) is 0.653. The molecule has 1 aliphatic rings. The van der Waals surface area contributed by atoms with E-state index in [1.165, 1.54) is 25.3 Å². The first-order valence-electron chi connectivity index (χ1n) is 9.87. The van der Waals surface area contributed by atoms with E-state index in [4.69, 9.17) is 4.74 Å². The maximum Gasteiger partial charge on any atom is 0.248 e. The minimum absolute atomic E-state index is 0.0618. The number of amides is 1. The van der Waals surface area contributed by atoms with Crippen molar-refractivity contribution in [1.29, 1.82) is 0 Å². The van der Waals surface area contributed by atoms with Gasteiger partial charge in [-0.3, -0.25) is 9.59 Å². The van der Waals surface area contributed by atoms with Crippen LogP contribution in [0.25, 0.3) is 10.9 Å². The lowest BCUT2D eigenvalue weighted by molar-refractivity contribution is -0.129. The van der Waals surface area contributed by atoms with Gasteiger partial charge in [-0.25, -0.2) is 8.78 Å². The molecule has 9 heteroatoms. The number of piperazine rings is 1. The second kappa shape index (κ2) is 8.63. The molecule has 0 spiro atoms. The van der Waals surface area contributed by atoms with E-state index in [1.54, 1.807) is 23.1 Å². The fraction of sp³-hybridized carbons (Fsp3) is 0.273. The van der Waals surface area contributed by atoms with Gasteiger partial charge in [0.05, 0.1) is 13.7 Å². The fourth-order valence-corrected chi connectivity index (χ4v) is 3.69. The molecular formula is C22H22F2N4O3. The summed E-state index contributed by atoms with van der Waals surface area (Å²) >= 11 is 0. The minimum Gasteiger partial charge on any atom is -0.491 e. The number of nitrogens with one attached hydrogen (secondary N) is 2. The Morgan fingerprint density at radius 1 is 1.06 bits per heavy atom. The third-order valence-electron chi connectivity index (χ3n) is 5.35. The number of carbonyl (C=O) groups is 1. The van der Waals surface area contributed by atoms with Gasteiger partial charge in [0.15, 0.2) is 17.4 Å². The molecule has 2 N–H and O–H groups in total. The van der Waals surface area contributed by atoms with Crippen LogP contribution in [0.3, 0.4) is 0 Å². The van der Waals surface area contributed by atoms with Gasteiger partial charge in [0, 0.05) is 66.7 Å². The maximum atomic E-state index is 14.0. The summed E-state index contributed by atoms with van der Waals surface area (Å²) in [6.45, 7) is 1.98. The second-order valence-corrected chi connectivity index (χ2v) is 7.29. The van der Waals surface area contributed by atoms with Gasteiger partial charge in [-0.15, -0.1) is 0 Å². The van der Waals surface area contributed by atoms with Crippen LogP contribution >= 0.6 is 0 Å². The summed E-state index contributed by atoms with van der Waals surface area (Å²) in [4.78, 5) is 30.3. The molecule has 0 aliphatic carbocycles. The predicted molar refractivity (Wildman–Crippen MR) is 115 cm³/mol.